The van der Waals surface area contributed by atoms with Gasteiger partial charge in [-0.1, -0.05) is 0 Å². The molecule has 0 radical (unpaired) electrons. The van der Waals surface area contributed by atoms with Crippen LogP contribution in [-0.4, -0.2) is 97.6 Å². The molecule has 0 aliphatic rings. The maximum atomic E-state index is 12.9. The van der Waals surface area contributed by atoms with Crippen LogP contribution in [0.25, 0.3) is 0 Å². The Labute approximate surface area is 221 Å². The predicted molar refractivity (Wildman–Crippen MR) is 133 cm³/mol. The van der Waals surface area contributed by atoms with Crippen LogP contribution in [0.15, 0.2) is 17.5 Å². The van der Waals surface area contributed by atoms with Crippen molar-refractivity contribution in [1.29, 1.82) is 0 Å². The van der Waals surface area contributed by atoms with Crippen molar-refractivity contribution in [3.05, 3.63) is 18.2 Å². The van der Waals surface area contributed by atoms with E-state index in [-0.39, 0.29) is 31.8 Å². The van der Waals surface area contributed by atoms with E-state index >= 15 is 0 Å². The Morgan fingerprint density at radius 3 is 2.05 bits per heavy atom. The third kappa shape index (κ3) is 12.9. The molecular formula is C21H33N9O9. The number of aromatic amines is 1. The summed E-state index contributed by atoms with van der Waals surface area (Å²) >= 11 is 0. The number of carbonyl (C=O) groups excluding carboxylic acids is 3. The number of nitrogens with zero attached hydrogens (tertiary/aromatic N) is 2. The second kappa shape index (κ2) is 16.2. The number of hydrogen-bond acceptors (Lipinski definition) is 9. The summed E-state index contributed by atoms with van der Waals surface area (Å²) in [6.45, 7) is 0.0836. The van der Waals surface area contributed by atoms with Gasteiger partial charge >= 0.3 is 17.9 Å². The number of nitrogens with two attached hydrogens (primary N) is 3. The average Bonchev–Trinajstić information content (AvgIpc) is 3.35. The van der Waals surface area contributed by atoms with Gasteiger partial charge in [0.25, 0.3) is 0 Å². The van der Waals surface area contributed by atoms with E-state index in [9.17, 15) is 39.0 Å². The van der Waals surface area contributed by atoms with Crippen molar-refractivity contribution < 1.29 is 44.1 Å². The Kier molecular flexibility index (Phi) is 13.4. The Balaban J connectivity index is 2.96. The minimum Gasteiger partial charge on any atom is -0.481 e. The number of H-pyrrole nitrogens is 1. The van der Waals surface area contributed by atoms with Crippen molar-refractivity contribution in [2.75, 3.05) is 6.54 Å². The average molecular weight is 556 g/mol. The van der Waals surface area contributed by atoms with Gasteiger partial charge in [-0.3, -0.25) is 29.0 Å². The lowest BCUT2D eigenvalue weighted by Gasteiger charge is -2.24. The lowest BCUT2D eigenvalue weighted by Crippen LogP contribution is -2.57. The monoisotopic (exact) mass is 555 g/mol. The SMILES string of the molecule is NC(N)=NCCCC(NC(=O)C(CCC(=O)O)NC(=O)C(CC(=O)O)NC(=O)C(N)Cc1cnc[nH]1)C(=O)O. The van der Waals surface area contributed by atoms with Gasteiger partial charge in [0, 0.05) is 31.3 Å². The first kappa shape index (κ1) is 32.3. The first-order valence-corrected chi connectivity index (χ1v) is 11.7. The number of amides is 3. The molecule has 0 aliphatic heterocycles. The van der Waals surface area contributed by atoms with Gasteiger partial charge in [-0.05, 0) is 19.3 Å². The molecule has 1 rings (SSSR count). The summed E-state index contributed by atoms with van der Waals surface area (Å²) in [6, 6.07) is -5.86. The second-order valence-corrected chi connectivity index (χ2v) is 8.39. The number of rotatable bonds is 18. The summed E-state index contributed by atoms with van der Waals surface area (Å²) < 4.78 is 0. The molecule has 0 saturated carbocycles. The molecule has 1 aromatic rings. The van der Waals surface area contributed by atoms with Crippen molar-refractivity contribution >= 4 is 41.6 Å². The van der Waals surface area contributed by atoms with Crippen LogP contribution in [0.4, 0.5) is 0 Å². The van der Waals surface area contributed by atoms with Gasteiger partial charge in [-0.15, -0.1) is 0 Å². The zero-order valence-corrected chi connectivity index (χ0v) is 20.8. The lowest BCUT2D eigenvalue weighted by molar-refractivity contribution is -0.143. The number of carboxylic acids is 3. The number of carbonyl (C=O) groups is 6. The summed E-state index contributed by atoms with van der Waals surface area (Å²) in [5.74, 6) is -7.40. The minimum absolute atomic E-state index is 0.00333. The molecule has 18 heteroatoms. The number of aromatic nitrogens is 2. The third-order valence-corrected chi connectivity index (χ3v) is 5.18. The number of aliphatic imine (C=N–C) groups is 1. The molecule has 216 valence electrons. The maximum absolute atomic E-state index is 12.9. The van der Waals surface area contributed by atoms with Crippen LogP contribution in [-0.2, 0) is 35.2 Å². The first-order valence-electron chi connectivity index (χ1n) is 11.7. The lowest BCUT2D eigenvalue weighted by atomic mass is 10.1. The van der Waals surface area contributed by atoms with Crippen LogP contribution < -0.4 is 33.2 Å². The standard InChI is InChI=1S/C21H33N9O9/c22-11(6-10-8-25-9-27-10)17(35)30-14(7-16(33)34)19(37)28-12(3-4-15(31)32)18(36)29-13(20(38)39)2-1-5-26-21(23)24/h8-9,11-14H,1-7,22H2,(H,25,27)(H,28,37)(H,29,36)(H,30,35)(H,31,32)(H,33,34)(H,38,39)(H4,23,24,26). The molecule has 18 nitrogen and oxygen atoms in total. The Bertz CT molecular complexity index is 1040. The molecule has 0 spiro atoms. The Morgan fingerprint density at radius 2 is 1.51 bits per heavy atom. The van der Waals surface area contributed by atoms with Gasteiger partial charge in [0.05, 0.1) is 18.8 Å². The fourth-order valence-corrected chi connectivity index (χ4v) is 3.23. The van der Waals surface area contributed by atoms with Crippen molar-refractivity contribution in [3.8, 4) is 0 Å². The largest absolute Gasteiger partial charge is 0.481 e. The molecule has 1 heterocycles. The Morgan fingerprint density at radius 1 is 0.897 bits per heavy atom. The molecule has 0 aliphatic carbocycles. The van der Waals surface area contributed by atoms with Gasteiger partial charge in [-0.25, -0.2) is 9.78 Å². The van der Waals surface area contributed by atoms with Crippen molar-refractivity contribution in [2.45, 2.75) is 62.7 Å². The van der Waals surface area contributed by atoms with Crippen molar-refractivity contribution in [1.82, 2.24) is 25.9 Å². The number of aliphatic carboxylic acids is 3. The highest BCUT2D eigenvalue weighted by Gasteiger charge is 2.31. The van der Waals surface area contributed by atoms with Gasteiger partial charge in [0.1, 0.15) is 18.1 Å². The van der Waals surface area contributed by atoms with Crippen LogP contribution >= 0.6 is 0 Å². The molecule has 4 unspecified atom stereocenters. The highest BCUT2D eigenvalue weighted by Crippen LogP contribution is 2.05. The maximum Gasteiger partial charge on any atom is 0.326 e. The molecule has 39 heavy (non-hydrogen) atoms. The van der Waals surface area contributed by atoms with Crippen LogP contribution in [0.5, 0.6) is 0 Å². The molecule has 3 amide bonds. The molecule has 0 saturated heterocycles. The van der Waals surface area contributed by atoms with E-state index in [0.29, 0.717) is 5.69 Å². The van der Waals surface area contributed by atoms with Crippen molar-refractivity contribution in [3.63, 3.8) is 0 Å². The molecule has 13 N–H and O–H groups in total. The minimum atomic E-state index is -1.68. The highest BCUT2D eigenvalue weighted by atomic mass is 16.4. The highest BCUT2D eigenvalue weighted by molar-refractivity contribution is 5.95. The molecule has 1 aromatic heterocycles. The first-order chi connectivity index (χ1) is 18.3. The van der Waals surface area contributed by atoms with E-state index in [0.717, 1.165) is 0 Å². The normalized spacial score (nSPS) is 13.7. The van der Waals surface area contributed by atoms with E-state index in [1.165, 1.54) is 12.5 Å². The van der Waals surface area contributed by atoms with Gasteiger partial charge < -0.3 is 53.5 Å². The molecule has 4 atom stereocenters. The summed E-state index contributed by atoms with van der Waals surface area (Å²) in [5.41, 5.74) is 16.7. The van der Waals surface area contributed by atoms with Gasteiger partial charge in [-0.2, -0.15) is 0 Å². The molecule has 0 fully saturated rings. The third-order valence-electron chi connectivity index (χ3n) is 5.18. The number of hydrogen-bond donors (Lipinski definition) is 10. The predicted octanol–water partition coefficient (Wildman–Crippen LogP) is -3.79. The van der Waals surface area contributed by atoms with Gasteiger partial charge in [0.2, 0.25) is 17.7 Å². The van der Waals surface area contributed by atoms with Crippen LogP contribution in [0, 0.1) is 0 Å². The topological polar surface area (TPSA) is 318 Å². The van der Waals surface area contributed by atoms with Crippen LogP contribution in [0.2, 0.25) is 0 Å². The molecule has 0 aromatic carbocycles. The smallest absolute Gasteiger partial charge is 0.326 e. The summed E-state index contributed by atoms with van der Waals surface area (Å²) in [4.78, 5) is 82.4. The van der Waals surface area contributed by atoms with E-state index in [4.69, 9.17) is 22.3 Å². The number of carboxylic acid groups (broad SMARTS) is 3. The van der Waals surface area contributed by atoms with Crippen molar-refractivity contribution in [2.24, 2.45) is 22.2 Å². The summed E-state index contributed by atoms with van der Waals surface area (Å²) in [7, 11) is 0. The summed E-state index contributed by atoms with van der Waals surface area (Å²) in [5, 5.41) is 34.3. The number of imidazole rings is 1. The van der Waals surface area contributed by atoms with Gasteiger partial charge in [0.15, 0.2) is 5.96 Å². The van der Waals surface area contributed by atoms with E-state index in [1.54, 1.807) is 0 Å². The second-order valence-electron chi connectivity index (χ2n) is 8.39. The van der Waals surface area contributed by atoms with E-state index in [1.807, 2.05) is 0 Å². The number of nitrogens with one attached hydrogen (secondary N) is 4. The van der Waals surface area contributed by atoms with E-state index in [2.05, 4.69) is 30.9 Å². The summed E-state index contributed by atoms with van der Waals surface area (Å²) in [6.07, 6.45) is 0.927. The molecule has 0 bridgehead atoms. The number of guanidine groups is 1. The zero-order valence-electron chi connectivity index (χ0n) is 20.8. The fourth-order valence-electron chi connectivity index (χ4n) is 3.23. The van der Waals surface area contributed by atoms with Crippen LogP contribution in [0.1, 0.15) is 37.8 Å². The fraction of sp³-hybridized carbons (Fsp3) is 0.524. The zero-order chi connectivity index (χ0) is 29.5. The quantitative estimate of drug-likeness (QED) is 0.0472. The van der Waals surface area contributed by atoms with E-state index < -0.39 is 79.1 Å². The van der Waals surface area contributed by atoms with Crippen LogP contribution in [0.3, 0.4) is 0 Å². The Hall–Kier alpha value is -4.74. The molecular weight excluding hydrogens is 522 g/mol.